The molecule has 1 saturated heterocycles. The Kier molecular flexibility index (Phi) is 4.69. The van der Waals surface area contributed by atoms with E-state index in [4.69, 9.17) is 5.11 Å². The largest absolute Gasteiger partial charge is 0.396 e. The third-order valence-corrected chi connectivity index (χ3v) is 4.78. The van der Waals surface area contributed by atoms with Gasteiger partial charge in [0, 0.05) is 24.4 Å². The van der Waals surface area contributed by atoms with Crippen molar-refractivity contribution in [3.8, 4) is 0 Å². The summed E-state index contributed by atoms with van der Waals surface area (Å²) in [6.07, 6.45) is 2.70. The van der Waals surface area contributed by atoms with E-state index in [9.17, 15) is 8.42 Å². The Morgan fingerprint density at radius 2 is 2.21 bits per heavy atom. The molecule has 14 heavy (non-hydrogen) atoms. The molecule has 1 unspecified atom stereocenters. The van der Waals surface area contributed by atoms with Crippen LogP contribution in [-0.4, -0.2) is 55.7 Å². The van der Waals surface area contributed by atoms with E-state index in [0.717, 1.165) is 5.75 Å². The van der Waals surface area contributed by atoms with Gasteiger partial charge in [-0.15, -0.1) is 0 Å². The predicted octanol–water partition coefficient (Wildman–Crippen LogP) is -0.513. The average molecular weight is 239 g/mol. The van der Waals surface area contributed by atoms with Crippen molar-refractivity contribution in [2.45, 2.75) is 18.5 Å². The number of nitrogens with one attached hydrogen (secondary N) is 1. The van der Waals surface area contributed by atoms with E-state index in [-0.39, 0.29) is 30.2 Å². The van der Waals surface area contributed by atoms with Gasteiger partial charge in [0.25, 0.3) is 0 Å². The highest BCUT2D eigenvalue weighted by atomic mass is 32.2. The standard InChI is InChI=1S/C8H17NO3S2/c1-13-4-7(2-3-10)9-8-5-14(11,12)6-8/h7-10H,2-6H2,1H3. The molecule has 1 aliphatic rings. The Morgan fingerprint density at radius 1 is 1.57 bits per heavy atom. The van der Waals surface area contributed by atoms with Crippen LogP contribution in [0.4, 0.5) is 0 Å². The molecule has 0 saturated carbocycles. The van der Waals surface area contributed by atoms with Crippen LogP contribution in [0, 0.1) is 0 Å². The summed E-state index contributed by atoms with van der Waals surface area (Å²) in [7, 11) is -2.74. The minimum atomic E-state index is -2.74. The zero-order valence-corrected chi connectivity index (χ0v) is 9.90. The van der Waals surface area contributed by atoms with Crippen LogP contribution in [0.15, 0.2) is 0 Å². The first-order valence-electron chi connectivity index (χ1n) is 4.63. The Bertz CT molecular complexity index is 248. The first kappa shape index (κ1) is 12.3. The number of thioether (sulfide) groups is 1. The highest BCUT2D eigenvalue weighted by Crippen LogP contribution is 2.12. The number of sulfone groups is 1. The lowest BCUT2D eigenvalue weighted by Crippen LogP contribution is -2.55. The molecule has 84 valence electrons. The molecule has 6 heteroatoms. The summed E-state index contributed by atoms with van der Waals surface area (Å²) in [5.74, 6) is 1.42. The molecule has 0 amide bonds. The number of aliphatic hydroxyl groups excluding tert-OH is 1. The maximum atomic E-state index is 10.9. The molecule has 4 nitrogen and oxygen atoms in total. The van der Waals surface area contributed by atoms with Crippen molar-refractivity contribution in [3.63, 3.8) is 0 Å². The van der Waals surface area contributed by atoms with Crippen molar-refractivity contribution in [1.82, 2.24) is 5.32 Å². The van der Waals surface area contributed by atoms with Crippen LogP contribution in [0.5, 0.6) is 0 Å². The molecular weight excluding hydrogens is 222 g/mol. The fourth-order valence-corrected chi connectivity index (χ4v) is 3.55. The van der Waals surface area contributed by atoms with Gasteiger partial charge in [-0.1, -0.05) is 0 Å². The van der Waals surface area contributed by atoms with Crippen LogP contribution in [-0.2, 0) is 9.84 Å². The summed E-state index contributed by atoms with van der Waals surface area (Å²) in [5, 5.41) is 12.1. The summed E-state index contributed by atoms with van der Waals surface area (Å²) in [6.45, 7) is 0.150. The fraction of sp³-hybridized carbons (Fsp3) is 1.00. The molecule has 1 heterocycles. The second kappa shape index (κ2) is 5.34. The van der Waals surface area contributed by atoms with E-state index in [2.05, 4.69) is 5.32 Å². The normalized spacial score (nSPS) is 23.0. The summed E-state index contributed by atoms with van der Waals surface area (Å²) in [5.41, 5.74) is 0. The second-order valence-corrected chi connectivity index (χ2v) is 6.67. The summed E-state index contributed by atoms with van der Waals surface area (Å²) in [4.78, 5) is 0. The first-order valence-corrected chi connectivity index (χ1v) is 7.85. The van der Waals surface area contributed by atoms with Crippen LogP contribution in [0.1, 0.15) is 6.42 Å². The molecule has 0 bridgehead atoms. The molecule has 1 rings (SSSR count). The second-order valence-electron chi connectivity index (χ2n) is 3.61. The van der Waals surface area contributed by atoms with Gasteiger partial charge in [0.05, 0.1) is 11.5 Å². The molecule has 1 atom stereocenters. The van der Waals surface area contributed by atoms with Gasteiger partial charge in [-0.2, -0.15) is 11.8 Å². The summed E-state index contributed by atoms with van der Waals surface area (Å²) in [6, 6.07) is 0.333. The maximum Gasteiger partial charge on any atom is 0.153 e. The van der Waals surface area contributed by atoms with E-state index in [1.54, 1.807) is 11.8 Å². The Hall–Kier alpha value is 0.220. The molecule has 0 radical (unpaired) electrons. The van der Waals surface area contributed by atoms with E-state index >= 15 is 0 Å². The molecule has 1 fully saturated rings. The van der Waals surface area contributed by atoms with Crippen LogP contribution < -0.4 is 5.32 Å². The Labute approximate surface area is 89.4 Å². The van der Waals surface area contributed by atoms with E-state index in [1.165, 1.54) is 0 Å². The lowest BCUT2D eigenvalue weighted by atomic mass is 10.2. The van der Waals surface area contributed by atoms with Gasteiger partial charge in [-0.3, -0.25) is 0 Å². The lowest BCUT2D eigenvalue weighted by molar-refractivity contribution is 0.266. The van der Waals surface area contributed by atoms with Crippen molar-refractivity contribution in [1.29, 1.82) is 0 Å². The van der Waals surface area contributed by atoms with Gasteiger partial charge >= 0.3 is 0 Å². The quantitative estimate of drug-likeness (QED) is 0.653. The minimum absolute atomic E-state index is 0.101. The van der Waals surface area contributed by atoms with Crippen molar-refractivity contribution in [2.24, 2.45) is 0 Å². The third-order valence-electron chi connectivity index (χ3n) is 2.23. The Balaban J connectivity index is 2.27. The molecule has 0 spiro atoms. The van der Waals surface area contributed by atoms with Gasteiger partial charge in [-0.25, -0.2) is 8.42 Å². The molecule has 0 aromatic heterocycles. The van der Waals surface area contributed by atoms with Crippen LogP contribution >= 0.6 is 11.8 Å². The number of rotatable bonds is 6. The zero-order chi connectivity index (χ0) is 10.6. The smallest absolute Gasteiger partial charge is 0.153 e. The van der Waals surface area contributed by atoms with E-state index < -0.39 is 9.84 Å². The number of hydrogen-bond donors (Lipinski definition) is 2. The molecular formula is C8H17NO3S2. The highest BCUT2D eigenvalue weighted by Gasteiger charge is 2.34. The monoisotopic (exact) mass is 239 g/mol. The van der Waals surface area contributed by atoms with Crippen molar-refractivity contribution in [2.75, 3.05) is 30.1 Å². The number of aliphatic hydroxyl groups is 1. The van der Waals surface area contributed by atoms with Gasteiger partial charge in [-0.05, 0) is 12.7 Å². The Morgan fingerprint density at radius 3 is 2.64 bits per heavy atom. The lowest BCUT2D eigenvalue weighted by Gasteiger charge is -2.30. The minimum Gasteiger partial charge on any atom is -0.396 e. The van der Waals surface area contributed by atoms with Gasteiger partial charge in [0.1, 0.15) is 0 Å². The molecule has 0 aliphatic carbocycles. The van der Waals surface area contributed by atoms with Crippen molar-refractivity contribution < 1.29 is 13.5 Å². The third kappa shape index (κ3) is 3.76. The van der Waals surface area contributed by atoms with Gasteiger partial charge in [0.15, 0.2) is 9.84 Å². The van der Waals surface area contributed by atoms with Crippen LogP contribution in [0.3, 0.4) is 0 Å². The SMILES string of the molecule is CSCC(CCO)NC1CS(=O)(=O)C1. The molecule has 1 aliphatic heterocycles. The highest BCUT2D eigenvalue weighted by molar-refractivity contribution is 7.98. The van der Waals surface area contributed by atoms with Crippen LogP contribution in [0.2, 0.25) is 0 Å². The summed E-state index contributed by atoms with van der Waals surface area (Å²) < 4.78 is 21.8. The van der Waals surface area contributed by atoms with Crippen molar-refractivity contribution >= 4 is 21.6 Å². The maximum absolute atomic E-state index is 10.9. The molecule has 0 aromatic carbocycles. The zero-order valence-electron chi connectivity index (χ0n) is 8.27. The molecule has 0 aromatic rings. The first-order chi connectivity index (χ1) is 6.57. The van der Waals surface area contributed by atoms with E-state index in [1.807, 2.05) is 6.26 Å². The van der Waals surface area contributed by atoms with E-state index in [0.29, 0.717) is 6.42 Å². The van der Waals surface area contributed by atoms with Crippen LogP contribution in [0.25, 0.3) is 0 Å². The summed E-state index contributed by atoms with van der Waals surface area (Å²) >= 11 is 1.70. The fourth-order valence-electron chi connectivity index (χ4n) is 1.57. The van der Waals surface area contributed by atoms with Gasteiger partial charge < -0.3 is 10.4 Å². The predicted molar refractivity (Wildman–Crippen MR) is 59.5 cm³/mol. The van der Waals surface area contributed by atoms with Gasteiger partial charge in [0.2, 0.25) is 0 Å². The van der Waals surface area contributed by atoms with Crippen molar-refractivity contribution in [3.05, 3.63) is 0 Å². The average Bonchev–Trinajstić information content (AvgIpc) is 2.01. The number of hydrogen-bond acceptors (Lipinski definition) is 5. The molecule has 2 N–H and O–H groups in total. The topological polar surface area (TPSA) is 66.4 Å².